The van der Waals surface area contributed by atoms with E-state index in [0.29, 0.717) is 16.1 Å². The number of hydrogen-bond acceptors (Lipinski definition) is 6. The van der Waals surface area contributed by atoms with Crippen molar-refractivity contribution in [2.75, 3.05) is 5.32 Å². The summed E-state index contributed by atoms with van der Waals surface area (Å²) < 4.78 is 10.3. The highest BCUT2D eigenvalue weighted by molar-refractivity contribution is 6.31. The van der Waals surface area contributed by atoms with Crippen molar-refractivity contribution in [3.05, 3.63) is 29.6 Å². The molecule has 1 N–H and O–H groups in total. The van der Waals surface area contributed by atoms with Gasteiger partial charge in [-0.05, 0) is 18.2 Å². The van der Waals surface area contributed by atoms with Crippen LogP contribution in [0.25, 0.3) is 11.1 Å². The van der Waals surface area contributed by atoms with Crippen molar-refractivity contribution < 1.29 is 8.83 Å². The molecule has 0 unspecified atom stereocenters. The average Bonchev–Trinajstić information content (AvgIpc) is 2.86. The van der Waals surface area contributed by atoms with E-state index in [9.17, 15) is 0 Å². The van der Waals surface area contributed by atoms with Crippen molar-refractivity contribution in [1.82, 2.24) is 15.2 Å². The number of nitrogens with one attached hydrogen (secondary N) is 1. The summed E-state index contributed by atoms with van der Waals surface area (Å²) in [6.45, 7) is 0. The van der Waals surface area contributed by atoms with Gasteiger partial charge in [0.25, 0.3) is 0 Å². The smallest absolute Gasteiger partial charge is 0.323 e. The third kappa shape index (κ3) is 1.59. The SMILES string of the molecule is Clc1ccc2oc(Nc3nnco3)nc2c1. The number of aromatic nitrogens is 3. The summed E-state index contributed by atoms with van der Waals surface area (Å²) in [4.78, 5) is 4.16. The number of fused-ring (bicyclic) bond motifs is 1. The first-order valence-corrected chi connectivity index (χ1v) is 4.78. The van der Waals surface area contributed by atoms with Crippen LogP contribution in [0.5, 0.6) is 0 Å². The van der Waals surface area contributed by atoms with Crippen LogP contribution in [0.15, 0.2) is 33.4 Å². The van der Waals surface area contributed by atoms with E-state index in [4.69, 9.17) is 20.4 Å². The van der Waals surface area contributed by atoms with Gasteiger partial charge in [-0.2, -0.15) is 4.98 Å². The van der Waals surface area contributed by atoms with Crippen molar-refractivity contribution in [2.24, 2.45) is 0 Å². The fourth-order valence-corrected chi connectivity index (χ4v) is 1.44. The third-order valence-electron chi connectivity index (χ3n) is 1.92. The van der Waals surface area contributed by atoms with Gasteiger partial charge in [0, 0.05) is 5.02 Å². The number of nitrogens with zero attached hydrogens (tertiary/aromatic N) is 3. The predicted octanol–water partition coefficient (Wildman–Crippen LogP) is 2.61. The fraction of sp³-hybridized carbons (Fsp3) is 0. The van der Waals surface area contributed by atoms with E-state index in [2.05, 4.69) is 20.5 Å². The highest BCUT2D eigenvalue weighted by Gasteiger charge is 2.08. The molecule has 0 atom stereocenters. The van der Waals surface area contributed by atoms with E-state index < -0.39 is 0 Å². The molecule has 0 amide bonds. The van der Waals surface area contributed by atoms with Crippen LogP contribution >= 0.6 is 11.6 Å². The Morgan fingerprint density at radius 1 is 1.25 bits per heavy atom. The zero-order valence-corrected chi connectivity index (χ0v) is 8.60. The van der Waals surface area contributed by atoms with E-state index >= 15 is 0 Å². The topological polar surface area (TPSA) is 77.0 Å². The Hall–Kier alpha value is -2.08. The highest BCUT2D eigenvalue weighted by atomic mass is 35.5. The first kappa shape index (κ1) is 9.17. The predicted molar refractivity (Wildman–Crippen MR) is 56.6 cm³/mol. The van der Waals surface area contributed by atoms with Gasteiger partial charge in [0.2, 0.25) is 6.39 Å². The Morgan fingerprint density at radius 3 is 3.00 bits per heavy atom. The highest BCUT2D eigenvalue weighted by Crippen LogP contribution is 2.23. The molecule has 0 bridgehead atoms. The zero-order valence-electron chi connectivity index (χ0n) is 7.85. The molecule has 1 aromatic carbocycles. The van der Waals surface area contributed by atoms with Gasteiger partial charge in [0.05, 0.1) is 0 Å². The second-order valence-corrected chi connectivity index (χ2v) is 3.44. The molecule has 3 aromatic rings. The summed E-state index contributed by atoms with van der Waals surface area (Å²) in [5.74, 6) is 0. The molecule has 3 rings (SSSR count). The summed E-state index contributed by atoms with van der Waals surface area (Å²) in [6.07, 6.45) is 1.21. The van der Waals surface area contributed by atoms with Crippen molar-refractivity contribution in [3.8, 4) is 0 Å². The molecule has 0 saturated heterocycles. The minimum absolute atomic E-state index is 0.220. The van der Waals surface area contributed by atoms with Gasteiger partial charge < -0.3 is 8.83 Å². The van der Waals surface area contributed by atoms with Gasteiger partial charge in [-0.15, -0.1) is 5.10 Å². The zero-order chi connectivity index (χ0) is 11.0. The molecule has 2 heterocycles. The van der Waals surface area contributed by atoms with Crippen LogP contribution in [-0.4, -0.2) is 15.2 Å². The first-order chi connectivity index (χ1) is 7.81. The van der Waals surface area contributed by atoms with Crippen LogP contribution in [0.3, 0.4) is 0 Å². The molecule has 0 spiro atoms. The van der Waals surface area contributed by atoms with E-state index in [1.807, 2.05) is 0 Å². The van der Waals surface area contributed by atoms with Gasteiger partial charge >= 0.3 is 12.0 Å². The Kier molecular flexibility index (Phi) is 2.00. The maximum Gasteiger partial charge on any atom is 0.323 e. The van der Waals surface area contributed by atoms with E-state index in [1.54, 1.807) is 18.2 Å². The van der Waals surface area contributed by atoms with Gasteiger partial charge in [0.15, 0.2) is 5.58 Å². The number of benzene rings is 1. The van der Waals surface area contributed by atoms with Crippen LogP contribution in [0.4, 0.5) is 12.0 Å². The van der Waals surface area contributed by atoms with Gasteiger partial charge in [-0.25, -0.2) is 0 Å². The molecule has 0 aliphatic heterocycles. The second-order valence-electron chi connectivity index (χ2n) is 3.00. The molecule has 0 aliphatic carbocycles. The Balaban J connectivity index is 1.99. The number of anilines is 2. The van der Waals surface area contributed by atoms with Crippen molar-refractivity contribution >= 4 is 34.7 Å². The van der Waals surface area contributed by atoms with Gasteiger partial charge in [0.1, 0.15) is 5.52 Å². The number of rotatable bonds is 2. The second kappa shape index (κ2) is 3.49. The quantitative estimate of drug-likeness (QED) is 0.737. The molecule has 6 nitrogen and oxygen atoms in total. The van der Waals surface area contributed by atoms with Crippen molar-refractivity contribution in [3.63, 3.8) is 0 Å². The summed E-state index contributed by atoms with van der Waals surface area (Å²) in [5, 5.41) is 10.5. The average molecular weight is 237 g/mol. The first-order valence-electron chi connectivity index (χ1n) is 4.40. The minimum Gasteiger partial charge on any atom is -0.423 e. The molecular weight excluding hydrogens is 232 g/mol. The van der Waals surface area contributed by atoms with Gasteiger partial charge in [-0.1, -0.05) is 16.7 Å². The van der Waals surface area contributed by atoms with Crippen LogP contribution in [-0.2, 0) is 0 Å². The minimum atomic E-state index is 0.220. The monoisotopic (exact) mass is 236 g/mol. The lowest BCUT2D eigenvalue weighted by Crippen LogP contribution is -1.89. The lowest BCUT2D eigenvalue weighted by molar-refractivity contribution is 0.559. The van der Waals surface area contributed by atoms with Crippen LogP contribution in [0, 0.1) is 0 Å². The lowest BCUT2D eigenvalue weighted by atomic mass is 10.3. The summed E-state index contributed by atoms with van der Waals surface area (Å²) in [5.41, 5.74) is 1.29. The number of oxazole rings is 1. The molecule has 0 aliphatic rings. The molecule has 0 radical (unpaired) electrons. The molecule has 2 aromatic heterocycles. The number of halogens is 1. The van der Waals surface area contributed by atoms with Crippen molar-refractivity contribution in [2.45, 2.75) is 0 Å². The molecule has 16 heavy (non-hydrogen) atoms. The van der Waals surface area contributed by atoms with E-state index in [0.717, 1.165) is 0 Å². The van der Waals surface area contributed by atoms with Crippen molar-refractivity contribution in [1.29, 1.82) is 0 Å². The largest absolute Gasteiger partial charge is 0.423 e. The summed E-state index contributed by atoms with van der Waals surface area (Å²) in [6, 6.07) is 5.67. The fourth-order valence-electron chi connectivity index (χ4n) is 1.27. The number of hydrogen-bond donors (Lipinski definition) is 1. The van der Waals surface area contributed by atoms with Crippen LogP contribution < -0.4 is 5.32 Å². The maximum atomic E-state index is 5.83. The van der Waals surface area contributed by atoms with Gasteiger partial charge in [-0.3, -0.25) is 5.32 Å². The Morgan fingerprint density at radius 2 is 2.19 bits per heavy atom. The molecule has 7 heteroatoms. The molecule has 0 saturated carbocycles. The van der Waals surface area contributed by atoms with E-state index in [-0.39, 0.29) is 12.0 Å². The van der Waals surface area contributed by atoms with Crippen LogP contribution in [0.2, 0.25) is 5.02 Å². The van der Waals surface area contributed by atoms with Crippen LogP contribution in [0.1, 0.15) is 0 Å². The Labute approximate surface area is 94.2 Å². The summed E-state index contributed by atoms with van der Waals surface area (Å²) >= 11 is 5.83. The summed E-state index contributed by atoms with van der Waals surface area (Å²) in [7, 11) is 0. The Bertz CT molecular complexity index is 620. The molecule has 80 valence electrons. The standard InChI is InChI=1S/C9H5ClN4O2/c10-5-1-2-7-6(3-5)12-8(16-7)13-9-14-11-4-15-9/h1-4H,(H,12,13,14). The van der Waals surface area contributed by atoms with E-state index in [1.165, 1.54) is 6.39 Å². The molecular formula is C9H5ClN4O2. The maximum absolute atomic E-state index is 5.83. The normalized spacial score (nSPS) is 10.8. The third-order valence-corrected chi connectivity index (χ3v) is 2.16. The lowest BCUT2D eigenvalue weighted by Gasteiger charge is -1.90. The molecule has 0 fully saturated rings.